The minimum absolute atomic E-state index is 0.0538. The molecule has 2 amide bonds. The molecule has 1 aromatic heterocycles. The van der Waals surface area contributed by atoms with E-state index in [4.69, 9.17) is 0 Å². The zero-order chi connectivity index (χ0) is 18.8. The van der Waals surface area contributed by atoms with Gasteiger partial charge in [0.25, 0.3) is 0 Å². The number of halogens is 2. The maximum absolute atomic E-state index is 13.5. The van der Waals surface area contributed by atoms with Crippen LogP contribution in [0.25, 0.3) is 10.9 Å². The Labute approximate surface area is 154 Å². The van der Waals surface area contributed by atoms with Crippen LogP contribution in [-0.2, 0) is 6.67 Å². The molecule has 0 radical (unpaired) electrons. The Bertz CT molecular complexity index is 966. The molecular formula is C19H19F2N5O. The third kappa shape index (κ3) is 3.42. The molecule has 0 bridgehead atoms. The molecule has 2 aromatic carbocycles. The van der Waals surface area contributed by atoms with E-state index in [9.17, 15) is 13.6 Å². The van der Waals surface area contributed by atoms with Gasteiger partial charge in [-0.15, -0.1) is 0 Å². The number of hydrogen-bond donors (Lipinski definition) is 2. The third-order valence-corrected chi connectivity index (χ3v) is 4.80. The van der Waals surface area contributed by atoms with E-state index < -0.39 is 12.5 Å². The molecule has 0 atom stereocenters. The molecule has 3 aromatic rings. The molecular weight excluding hydrogens is 352 g/mol. The predicted molar refractivity (Wildman–Crippen MR) is 100 cm³/mol. The monoisotopic (exact) mass is 371 g/mol. The smallest absolute Gasteiger partial charge is 0.323 e. The molecule has 0 aliphatic carbocycles. The van der Waals surface area contributed by atoms with Crippen LogP contribution in [0.4, 0.5) is 25.1 Å². The maximum Gasteiger partial charge on any atom is 0.323 e. The number of benzene rings is 2. The number of carbonyl (C=O) groups is 1. The Morgan fingerprint density at radius 2 is 1.93 bits per heavy atom. The number of amides is 2. The lowest BCUT2D eigenvalue weighted by molar-refractivity contribution is 0.208. The second-order valence-electron chi connectivity index (χ2n) is 6.43. The number of alkyl halides is 1. The first kappa shape index (κ1) is 17.3. The lowest BCUT2D eigenvalue weighted by Gasteiger charge is -2.36. The Morgan fingerprint density at radius 1 is 1.15 bits per heavy atom. The highest BCUT2D eigenvalue weighted by Crippen LogP contribution is 2.22. The van der Waals surface area contributed by atoms with E-state index in [2.05, 4.69) is 15.5 Å². The quantitative estimate of drug-likeness (QED) is 0.740. The van der Waals surface area contributed by atoms with Gasteiger partial charge in [-0.3, -0.25) is 10.4 Å². The number of H-pyrrole nitrogens is 1. The van der Waals surface area contributed by atoms with Crippen LogP contribution in [0.1, 0.15) is 5.56 Å². The zero-order valence-corrected chi connectivity index (χ0v) is 14.6. The van der Waals surface area contributed by atoms with Gasteiger partial charge in [0.1, 0.15) is 12.5 Å². The molecule has 1 aliphatic rings. The number of piperazine rings is 1. The SMILES string of the molecule is O=C(Nc1n[nH]c2ccccc12)N1CCN(c2ccc(F)c(CF)c2)CC1. The summed E-state index contributed by atoms with van der Waals surface area (Å²) in [6, 6.07) is 11.8. The van der Waals surface area contributed by atoms with Crippen molar-refractivity contribution in [1.82, 2.24) is 15.1 Å². The van der Waals surface area contributed by atoms with Gasteiger partial charge in [-0.25, -0.2) is 13.6 Å². The van der Waals surface area contributed by atoms with Crippen LogP contribution in [0.3, 0.4) is 0 Å². The van der Waals surface area contributed by atoms with Crippen LogP contribution in [-0.4, -0.2) is 47.3 Å². The highest BCUT2D eigenvalue weighted by molar-refractivity contribution is 5.98. The summed E-state index contributed by atoms with van der Waals surface area (Å²) in [4.78, 5) is 16.3. The predicted octanol–water partition coefficient (Wildman–Crippen LogP) is 3.53. The second kappa shape index (κ2) is 7.22. The van der Waals surface area contributed by atoms with E-state index in [0.29, 0.717) is 32.0 Å². The van der Waals surface area contributed by atoms with Crippen molar-refractivity contribution in [3.63, 3.8) is 0 Å². The number of aromatic amines is 1. The van der Waals surface area contributed by atoms with Crippen LogP contribution in [0.2, 0.25) is 0 Å². The van der Waals surface area contributed by atoms with Gasteiger partial charge in [0.05, 0.1) is 5.52 Å². The summed E-state index contributed by atoms with van der Waals surface area (Å²) in [7, 11) is 0. The van der Waals surface area contributed by atoms with Crippen molar-refractivity contribution in [3.8, 4) is 0 Å². The lowest BCUT2D eigenvalue weighted by Crippen LogP contribution is -2.50. The number of aromatic nitrogens is 2. The standard InChI is InChI=1S/C19H19F2N5O/c20-12-13-11-14(5-6-16(13)21)25-7-9-26(10-8-25)19(27)22-18-15-3-1-2-4-17(15)23-24-18/h1-6,11H,7-10,12H2,(H2,22,23,24,27). The molecule has 1 saturated heterocycles. The van der Waals surface area contributed by atoms with Crippen molar-refractivity contribution in [2.75, 3.05) is 36.4 Å². The first-order chi connectivity index (χ1) is 13.2. The van der Waals surface area contributed by atoms with Gasteiger partial charge >= 0.3 is 6.03 Å². The topological polar surface area (TPSA) is 64.3 Å². The van der Waals surface area contributed by atoms with Gasteiger partial charge in [-0.05, 0) is 30.3 Å². The molecule has 1 fully saturated rings. The van der Waals surface area contributed by atoms with Crippen LogP contribution in [0, 0.1) is 5.82 Å². The fourth-order valence-electron chi connectivity index (χ4n) is 3.27. The summed E-state index contributed by atoms with van der Waals surface area (Å²) in [5, 5.41) is 10.7. The number of para-hydroxylation sites is 1. The van der Waals surface area contributed by atoms with Crippen molar-refractivity contribution < 1.29 is 13.6 Å². The van der Waals surface area contributed by atoms with Gasteiger partial charge in [-0.1, -0.05) is 12.1 Å². The van der Waals surface area contributed by atoms with Crippen molar-refractivity contribution in [1.29, 1.82) is 0 Å². The molecule has 1 aliphatic heterocycles. The zero-order valence-electron chi connectivity index (χ0n) is 14.6. The fraction of sp³-hybridized carbons (Fsp3) is 0.263. The van der Waals surface area contributed by atoms with Crippen molar-refractivity contribution in [2.24, 2.45) is 0 Å². The minimum Gasteiger partial charge on any atom is -0.368 e. The largest absolute Gasteiger partial charge is 0.368 e. The van der Waals surface area contributed by atoms with E-state index >= 15 is 0 Å². The van der Waals surface area contributed by atoms with Gasteiger partial charge < -0.3 is 9.80 Å². The molecule has 0 spiro atoms. The first-order valence-electron chi connectivity index (χ1n) is 8.74. The Balaban J connectivity index is 1.39. The number of rotatable bonds is 3. The number of hydrogen-bond acceptors (Lipinski definition) is 3. The highest BCUT2D eigenvalue weighted by Gasteiger charge is 2.23. The average Bonchev–Trinajstić information content (AvgIpc) is 3.11. The second-order valence-corrected chi connectivity index (χ2v) is 6.43. The molecule has 0 saturated carbocycles. The number of nitrogens with zero attached hydrogens (tertiary/aromatic N) is 3. The Morgan fingerprint density at radius 3 is 2.70 bits per heavy atom. The molecule has 0 unspecified atom stereocenters. The maximum atomic E-state index is 13.5. The summed E-state index contributed by atoms with van der Waals surface area (Å²) in [5.74, 6) is -0.0327. The Hall–Kier alpha value is -3.16. The fourth-order valence-corrected chi connectivity index (χ4v) is 3.27. The van der Waals surface area contributed by atoms with E-state index in [0.717, 1.165) is 16.6 Å². The van der Waals surface area contributed by atoms with Crippen LogP contribution in [0.5, 0.6) is 0 Å². The molecule has 4 rings (SSSR count). The van der Waals surface area contributed by atoms with Crippen LogP contribution in [0.15, 0.2) is 42.5 Å². The van der Waals surface area contributed by atoms with Gasteiger partial charge in [0, 0.05) is 42.8 Å². The number of urea groups is 1. The van der Waals surface area contributed by atoms with Crippen LogP contribution < -0.4 is 10.2 Å². The number of nitrogens with one attached hydrogen (secondary N) is 2. The molecule has 27 heavy (non-hydrogen) atoms. The molecule has 8 heteroatoms. The summed E-state index contributed by atoms with van der Waals surface area (Å²) in [6.45, 7) is 1.37. The molecule has 2 N–H and O–H groups in total. The van der Waals surface area contributed by atoms with Gasteiger partial charge in [0.15, 0.2) is 5.82 Å². The van der Waals surface area contributed by atoms with Crippen molar-refractivity contribution in [3.05, 3.63) is 53.8 Å². The average molecular weight is 371 g/mol. The van der Waals surface area contributed by atoms with Crippen molar-refractivity contribution >= 4 is 28.4 Å². The number of anilines is 2. The highest BCUT2D eigenvalue weighted by atomic mass is 19.1. The van der Waals surface area contributed by atoms with E-state index in [-0.39, 0.29) is 11.6 Å². The summed E-state index contributed by atoms with van der Waals surface area (Å²) in [5.41, 5.74) is 1.68. The summed E-state index contributed by atoms with van der Waals surface area (Å²) >= 11 is 0. The van der Waals surface area contributed by atoms with Crippen molar-refractivity contribution in [2.45, 2.75) is 6.67 Å². The first-order valence-corrected chi connectivity index (χ1v) is 8.74. The third-order valence-electron chi connectivity index (χ3n) is 4.80. The normalized spacial score (nSPS) is 14.6. The van der Waals surface area contributed by atoms with E-state index in [1.54, 1.807) is 11.0 Å². The minimum atomic E-state index is -0.834. The Kier molecular flexibility index (Phi) is 4.62. The molecule has 6 nitrogen and oxygen atoms in total. The summed E-state index contributed by atoms with van der Waals surface area (Å²) < 4.78 is 26.3. The van der Waals surface area contributed by atoms with Gasteiger partial charge in [0.2, 0.25) is 0 Å². The number of fused-ring (bicyclic) bond motifs is 1. The summed E-state index contributed by atoms with van der Waals surface area (Å²) in [6.07, 6.45) is 0. The van der Waals surface area contributed by atoms with E-state index in [1.807, 2.05) is 29.2 Å². The van der Waals surface area contributed by atoms with E-state index in [1.165, 1.54) is 12.1 Å². The number of carbonyl (C=O) groups excluding carboxylic acids is 1. The lowest BCUT2D eigenvalue weighted by atomic mass is 10.1. The molecule has 2 heterocycles. The molecule has 140 valence electrons. The van der Waals surface area contributed by atoms with Gasteiger partial charge in [-0.2, -0.15) is 5.10 Å². The van der Waals surface area contributed by atoms with Crippen LogP contribution >= 0.6 is 0 Å².